The van der Waals surface area contributed by atoms with E-state index in [9.17, 15) is 10.2 Å². The highest BCUT2D eigenvalue weighted by molar-refractivity contribution is 5.33. The van der Waals surface area contributed by atoms with E-state index in [2.05, 4.69) is 0 Å². The fraction of sp³-hybridized carbons (Fsp3) is 0.538. The van der Waals surface area contributed by atoms with Gasteiger partial charge in [0.2, 0.25) is 0 Å². The van der Waals surface area contributed by atoms with Crippen molar-refractivity contribution in [3.63, 3.8) is 0 Å². The van der Waals surface area contributed by atoms with Gasteiger partial charge in [-0.15, -0.1) is 0 Å². The van der Waals surface area contributed by atoms with Crippen molar-refractivity contribution in [1.82, 2.24) is 0 Å². The maximum absolute atomic E-state index is 9.94. The molecule has 2 N–H and O–H groups in total. The summed E-state index contributed by atoms with van der Waals surface area (Å²) in [5.74, 6) is 0.188. The van der Waals surface area contributed by atoms with Crippen LogP contribution in [0.1, 0.15) is 31.7 Å². The molecule has 2 rings (SSSR count). The molecular weight excluding hydrogens is 188 g/mol. The summed E-state index contributed by atoms with van der Waals surface area (Å²) in [6, 6.07) is 10.0. The molecule has 4 atom stereocenters. The number of aliphatic hydroxyl groups excluding tert-OH is 2. The van der Waals surface area contributed by atoms with Crippen LogP contribution in [0.5, 0.6) is 0 Å². The van der Waals surface area contributed by atoms with Gasteiger partial charge in [0.25, 0.3) is 0 Å². The van der Waals surface area contributed by atoms with Crippen molar-refractivity contribution in [2.24, 2.45) is 5.41 Å². The first-order chi connectivity index (χ1) is 7.05. The molecule has 82 valence electrons. The highest BCUT2D eigenvalue weighted by Gasteiger charge is 2.61. The summed E-state index contributed by atoms with van der Waals surface area (Å²) in [5, 5.41) is 19.3. The summed E-state index contributed by atoms with van der Waals surface area (Å²) in [7, 11) is 0. The molecule has 2 heteroatoms. The van der Waals surface area contributed by atoms with Crippen molar-refractivity contribution in [3.05, 3.63) is 35.9 Å². The molecule has 2 nitrogen and oxygen atoms in total. The second-order valence-electron chi connectivity index (χ2n) is 4.89. The Bertz CT molecular complexity index is 334. The zero-order chi connectivity index (χ0) is 11.1. The van der Waals surface area contributed by atoms with E-state index in [0.717, 1.165) is 0 Å². The molecule has 0 radical (unpaired) electrons. The Kier molecular flexibility index (Phi) is 2.57. The Hall–Kier alpha value is -0.860. The van der Waals surface area contributed by atoms with Gasteiger partial charge in [-0.25, -0.2) is 0 Å². The van der Waals surface area contributed by atoms with E-state index in [0.29, 0.717) is 6.42 Å². The highest BCUT2D eigenvalue weighted by Crippen LogP contribution is 2.61. The summed E-state index contributed by atoms with van der Waals surface area (Å²) in [6.07, 6.45) is 0.00106. The third kappa shape index (κ3) is 1.80. The molecule has 15 heavy (non-hydrogen) atoms. The van der Waals surface area contributed by atoms with Crippen molar-refractivity contribution >= 4 is 0 Å². The minimum atomic E-state index is -0.349. The standard InChI is InChI=1S/C13H18O2/c1-9(14)8-13(2)11(12(13)15)10-6-4-3-5-7-10/h3-7,9,11-12,14-15H,8H2,1-2H3/t9-,11?,12+,13+/m1/s1. The van der Waals surface area contributed by atoms with Gasteiger partial charge >= 0.3 is 0 Å². The summed E-state index contributed by atoms with van der Waals surface area (Å²) < 4.78 is 0. The first kappa shape index (κ1) is 10.7. The number of hydrogen-bond donors (Lipinski definition) is 2. The lowest BCUT2D eigenvalue weighted by molar-refractivity contribution is 0.133. The Morgan fingerprint density at radius 1 is 1.33 bits per heavy atom. The lowest BCUT2D eigenvalue weighted by Gasteiger charge is -2.12. The van der Waals surface area contributed by atoms with E-state index in [1.807, 2.05) is 37.3 Å². The van der Waals surface area contributed by atoms with Crippen molar-refractivity contribution in [1.29, 1.82) is 0 Å². The van der Waals surface area contributed by atoms with Gasteiger partial charge in [0.1, 0.15) is 0 Å². The van der Waals surface area contributed by atoms with E-state index in [1.54, 1.807) is 6.92 Å². The molecule has 0 saturated heterocycles. The molecule has 0 heterocycles. The monoisotopic (exact) mass is 206 g/mol. The first-order valence-corrected chi connectivity index (χ1v) is 5.47. The second-order valence-corrected chi connectivity index (χ2v) is 4.89. The topological polar surface area (TPSA) is 40.5 Å². The Labute approximate surface area is 90.6 Å². The summed E-state index contributed by atoms with van der Waals surface area (Å²) >= 11 is 0. The second kappa shape index (κ2) is 3.62. The number of aliphatic hydroxyl groups is 2. The minimum Gasteiger partial charge on any atom is -0.393 e. The maximum atomic E-state index is 9.94. The van der Waals surface area contributed by atoms with Crippen LogP contribution in [0.15, 0.2) is 30.3 Å². The Morgan fingerprint density at radius 2 is 1.93 bits per heavy atom. The van der Waals surface area contributed by atoms with Gasteiger partial charge in [0, 0.05) is 11.3 Å². The van der Waals surface area contributed by atoms with Crippen LogP contribution in [-0.4, -0.2) is 22.4 Å². The molecular formula is C13H18O2. The van der Waals surface area contributed by atoms with Crippen LogP contribution in [0.25, 0.3) is 0 Å². The average molecular weight is 206 g/mol. The van der Waals surface area contributed by atoms with E-state index in [1.165, 1.54) is 5.56 Å². The summed E-state index contributed by atoms with van der Waals surface area (Å²) in [6.45, 7) is 3.82. The fourth-order valence-corrected chi connectivity index (χ4v) is 2.65. The third-order valence-corrected chi connectivity index (χ3v) is 3.49. The van der Waals surface area contributed by atoms with Gasteiger partial charge in [0.05, 0.1) is 12.2 Å². The van der Waals surface area contributed by atoms with Gasteiger partial charge in [-0.05, 0) is 18.9 Å². The van der Waals surface area contributed by atoms with E-state index in [-0.39, 0.29) is 23.5 Å². The summed E-state index contributed by atoms with van der Waals surface area (Å²) in [5.41, 5.74) is 1.03. The van der Waals surface area contributed by atoms with E-state index >= 15 is 0 Å². The predicted molar refractivity (Wildman–Crippen MR) is 59.6 cm³/mol. The predicted octanol–water partition coefficient (Wildman–Crippen LogP) is 1.92. The van der Waals surface area contributed by atoms with Gasteiger partial charge in [0.15, 0.2) is 0 Å². The largest absolute Gasteiger partial charge is 0.393 e. The molecule has 1 fully saturated rings. The molecule has 0 aliphatic heterocycles. The minimum absolute atomic E-state index is 0.143. The molecule has 0 bridgehead atoms. The van der Waals surface area contributed by atoms with E-state index in [4.69, 9.17) is 0 Å². The van der Waals surface area contributed by atoms with Gasteiger partial charge in [-0.2, -0.15) is 0 Å². The first-order valence-electron chi connectivity index (χ1n) is 5.47. The van der Waals surface area contributed by atoms with Crippen LogP contribution < -0.4 is 0 Å². The van der Waals surface area contributed by atoms with E-state index < -0.39 is 0 Å². The van der Waals surface area contributed by atoms with Crippen molar-refractivity contribution in [3.8, 4) is 0 Å². The zero-order valence-electron chi connectivity index (χ0n) is 9.22. The Balaban J connectivity index is 2.15. The smallest absolute Gasteiger partial charge is 0.0676 e. The highest BCUT2D eigenvalue weighted by atomic mass is 16.3. The average Bonchev–Trinajstić information content (AvgIpc) is 2.68. The van der Waals surface area contributed by atoms with Crippen molar-refractivity contribution in [2.45, 2.75) is 38.4 Å². The molecule has 0 spiro atoms. The number of benzene rings is 1. The quantitative estimate of drug-likeness (QED) is 0.793. The normalized spacial score (nSPS) is 36.3. The van der Waals surface area contributed by atoms with Crippen LogP contribution in [0.3, 0.4) is 0 Å². The zero-order valence-corrected chi connectivity index (χ0v) is 9.22. The van der Waals surface area contributed by atoms with Gasteiger partial charge in [-0.1, -0.05) is 37.3 Å². The molecule has 1 aliphatic carbocycles. The number of hydrogen-bond acceptors (Lipinski definition) is 2. The molecule has 1 unspecified atom stereocenters. The van der Waals surface area contributed by atoms with Crippen LogP contribution in [0, 0.1) is 5.41 Å². The third-order valence-electron chi connectivity index (χ3n) is 3.49. The number of rotatable bonds is 3. The lowest BCUT2D eigenvalue weighted by atomic mass is 9.95. The van der Waals surface area contributed by atoms with Gasteiger partial charge < -0.3 is 10.2 Å². The Morgan fingerprint density at radius 3 is 2.47 bits per heavy atom. The molecule has 0 amide bonds. The van der Waals surface area contributed by atoms with Gasteiger partial charge in [-0.3, -0.25) is 0 Å². The molecule has 1 saturated carbocycles. The van der Waals surface area contributed by atoms with Crippen LogP contribution in [0.2, 0.25) is 0 Å². The summed E-state index contributed by atoms with van der Waals surface area (Å²) in [4.78, 5) is 0. The van der Waals surface area contributed by atoms with Crippen LogP contribution in [0.4, 0.5) is 0 Å². The fourth-order valence-electron chi connectivity index (χ4n) is 2.65. The molecule has 1 aromatic rings. The van der Waals surface area contributed by atoms with Crippen molar-refractivity contribution < 1.29 is 10.2 Å². The molecule has 0 aromatic heterocycles. The SMILES string of the molecule is C[C@@H](O)C[C@@]1(C)C(c2ccccc2)[C@@H]1O. The maximum Gasteiger partial charge on any atom is 0.0676 e. The molecule has 1 aromatic carbocycles. The lowest BCUT2D eigenvalue weighted by Crippen LogP contribution is -2.11. The van der Waals surface area contributed by atoms with Crippen LogP contribution in [-0.2, 0) is 0 Å². The molecule has 1 aliphatic rings. The van der Waals surface area contributed by atoms with Crippen LogP contribution >= 0.6 is 0 Å². The van der Waals surface area contributed by atoms with Crippen molar-refractivity contribution in [2.75, 3.05) is 0 Å².